The zero-order valence-electron chi connectivity index (χ0n) is 9.28. The molecule has 0 heterocycles. The van der Waals surface area contributed by atoms with Gasteiger partial charge in [-0.1, -0.05) is 6.07 Å². The molecule has 0 aliphatic rings. The summed E-state index contributed by atoms with van der Waals surface area (Å²) in [5.74, 6) is -0.545. The summed E-state index contributed by atoms with van der Waals surface area (Å²) < 4.78 is 24.0. The summed E-state index contributed by atoms with van der Waals surface area (Å²) in [6.45, 7) is 1.29. The summed E-state index contributed by atoms with van der Waals surface area (Å²) >= 11 is 0. The molecule has 0 saturated carbocycles. The highest BCUT2D eigenvalue weighted by molar-refractivity contribution is 5.95. The number of carbonyl (C=O) groups is 1. The molecule has 1 rings (SSSR count). The molecule has 94 valence electrons. The van der Waals surface area contributed by atoms with Crippen LogP contribution in [0.2, 0.25) is 0 Å². The second-order valence-corrected chi connectivity index (χ2v) is 3.68. The van der Waals surface area contributed by atoms with Crippen molar-refractivity contribution < 1.29 is 18.7 Å². The van der Waals surface area contributed by atoms with Crippen molar-refractivity contribution in [2.45, 2.75) is 19.5 Å². The smallest absolute Gasteiger partial charge is 0.265 e. The van der Waals surface area contributed by atoms with E-state index in [-0.39, 0.29) is 5.56 Å². The Balaban J connectivity index is 2.61. The quantitative estimate of drug-likeness (QED) is 0.690. The SMILES string of the molecule is Cc1ccc(C(=O)NCC(O)C(F)F)cc1N. The van der Waals surface area contributed by atoms with E-state index in [1.807, 2.05) is 0 Å². The summed E-state index contributed by atoms with van der Waals surface area (Å²) in [4.78, 5) is 11.5. The first-order valence-electron chi connectivity index (χ1n) is 5.02. The monoisotopic (exact) mass is 244 g/mol. The van der Waals surface area contributed by atoms with Crippen LogP contribution in [0.4, 0.5) is 14.5 Å². The van der Waals surface area contributed by atoms with Crippen molar-refractivity contribution in [3.63, 3.8) is 0 Å². The van der Waals surface area contributed by atoms with Gasteiger partial charge < -0.3 is 16.2 Å². The lowest BCUT2D eigenvalue weighted by Gasteiger charge is -2.11. The minimum atomic E-state index is -2.88. The summed E-state index contributed by atoms with van der Waals surface area (Å²) in [7, 11) is 0. The fourth-order valence-electron chi connectivity index (χ4n) is 1.17. The average molecular weight is 244 g/mol. The Hall–Kier alpha value is -1.69. The number of rotatable bonds is 4. The summed E-state index contributed by atoms with van der Waals surface area (Å²) in [5.41, 5.74) is 7.16. The molecular weight excluding hydrogens is 230 g/mol. The van der Waals surface area contributed by atoms with Crippen molar-refractivity contribution in [1.82, 2.24) is 5.32 Å². The normalized spacial score (nSPS) is 12.5. The number of hydrogen-bond acceptors (Lipinski definition) is 3. The average Bonchev–Trinajstić information content (AvgIpc) is 2.28. The van der Waals surface area contributed by atoms with Gasteiger partial charge in [-0.25, -0.2) is 8.78 Å². The summed E-state index contributed by atoms with van der Waals surface area (Å²) in [6, 6.07) is 4.66. The van der Waals surface area contributed by atoms with Crippen LogP contribution in [0.3, 0.4) is 0 Å². The van der Waals surface area contributed by atoms with Gasteiger partial charge >= 0.3 is 0 Å². The second kappa shape index (κ2) is 5.58. The molecule has 1 unspecified atom stereocenters. The largest absolute Gasteiger partial charge is 0.398 e. The Labute approximate surface area is 97.4 Å². The molecule has 0 aliphatic carbocycles. The number of halogens is 2. The fourth-order valence-corrected chi connectivity index (χ4v) is 1.17. The molecular formula is C11H14F2N2O2. The van der Waals surface area contributed by atoms with E-state index in [0.717, 1.165) is 5.56 Å². The molecule has 0 saturated heterocycles. The number of alkyl halides is 2. The van der Waals surface area contributed by atoms with Crippen LogP contribution < -0.4 is 11.1 Å². The van der Waals surface area contributed by atoms with Crippen LogP contribution in [-0.2, 0) is 0 Å². The third-order valence-electron chi connectivity index (χ3n) is 2.30. The lowest BCUT2D eigenvalue weighted by Crippen LogP contribution is -2.35. The second-order valence-electron chi connectivity index (χ2n) is 3.68. The molecule has 17 heavy (non-hydrogen) atoms. The van der Waals surface area contributed by atoms with Gasteiger partial charge in [0.1, 0.15) is 6.10 Å². The molecule has 6 heteroatoms. The molecule has 0 aliphatic heterocycles. The number of benzene rings is 1. The number of aryl methyl sites for hydroxylation is 1. The number of carbonyl (C=O) groups excluding carboxylic acids is 1. The maximum atomic E-state index is 12.0. The highest BCUT2D eigenvalue weighted by atomic mass is 19.3. The van der Waals surface area contributed by atoms with Gasteiger partial charge in [0.25, 0.3) is 12.3 Å². The van der Waals surface area contributed by atoms with Crippen molar-refractivity contribution in [2.24, 2.45) is 0 Å². The van der Waals surface area contributed by atoms with Crippen molar-refractivity contribution in [1.29, 1.82) is 0 Å². The first kappa shape index (κ1) is 13.4. The van der Waals surface area contributed by atoms with E-state index in [1.54, 1.807) is 13.0 Å². The Morgan fingerprint density at radius 1 is 1.53 bits per heavy atom. The summed E-state index contributed by atoms with van der Waals surface area (Å²) in [6.07, 6.45) is -4.74. The molecule has 4 nitrogen and oxygen atoms in total. The maximum Gasteiger partial charge on any atom is 0.265 e. The van der Waals surface area contributed by atoms with Gasteiger partial charge in [0.2, 0.25) is 0 Å². The van der Waals surface area contributed by atoms with Gasteiger partial charge in [0.15, 0.2) is 0 Å². The topological polar surface area (TPSA) is 75.3 Å². The van der Waals surface area contributed by atoms with Crippen LogP contribution in [0, 0.1) is 6.92 Å². The molecule has 0 aromatic heterocycles. The van der Waals surface area contributed by atoms with Crippen LogP contribution >= 0.6 is 0 Å². The van der Waals surface area contributed by atoms with E-state index in [0.29, 0.717) is 5.69 Å². The van der Waals surface area contributed by atoms with Crippen LogP contribution in [0.5, 0.6) is 0 Å². The van der Waals surface area contributed by atoms with Crippen molar-refractivity contribution in [2.75, 3.05) is 12.3 Å². The molecule has 0 spiro atoms. The minimum absolute atomic E-state index is 0.273. The van der Waals surface area contributed by atoms with Gasteiger partial charge in [0, 0.05) is 17.8 Å². The van der Waals surface area contributed by atoms with Gasteiger partial charge in [0.05, 0.1) is 0 Å². The number of nitrogens with two attached hydrogens (primary N) is 1. The van der Waals surface area contributed by atoms with Crippen LogP contribution in [0.15, 0.2) is 18.2 Å². The number of aliphatic hydroxyl groups excluding tert-OH is 1. The Kier molecular flexibility index (Phi) is 4.39. The minimum Gasteiger partial charge on any atom is -0.398 e. The van der Waals surface area contributed by atoms with E-state index < -0.39 is 25.0 Å². The molecule has 0 radical (unpaired) electrons. The lowest BCUT2D eigenvalue weighted by molar-refractivity contribution is -0.00270. The fraction of sp³-hybridized carbons (Fsp3) is 0.364. The van der Waals surface area contributed by atoms with Crippen molar-refractivity contribution >= 4 is 11.6 Å². The van der Waals surface area contributed by atoms with E-state index in [2.05, 4.69) is 5.32 Å². The number of hydrogen-bond donors (Lipinski definition) is 3. The van der Waals surface area contributed by atoms with Crippen LogP contribution in [-0.4, -0.2) is 30.1 Å². The number of nitrogen functional groups attached to an aromatic ring is 1. The number of aliphatic hydroxyl groups is 1. The first-order valence-corrected chi connectivity index (χ1v) is 5.02. The molecule has 1 atom stereocenters. The number of anilines is 1. The third-order valence-corrected chi connectivity index (χ3v) is 2.30. The van der Waals surface area contributed by atoms with Crippen LogP contribution in [0.25, 0.3) is 0 Å². The molecule has 0 fully saturated rings. The van der Waals surface area contributed by atoms with Gasteiger partial charge in [-0.05, 0) is 24.6 Å². The molecule has 4 N–H and O–H groups in total. The molecule has 1 aromatic carbocycles. The van der Waals surface area contributed by atoms with Gasteiger partial charge in [-0.3, -0.25) is 4.79 Å². The molecule has 1 aromatic rings. The van der Waals surface area contributed by atoms with E-state index in [9.17, 15) is 13.6 Å². The maximum absolute atomic E-state index is 12.0. The Morgan fingerprint density at radius 2 is 2.18 bits per heavy atom. The summed E-state index contributed by atoms with van der Waals surface area (Å²) in [5, 5.41) is 11.0. The predicted molar refractivity (Wildman–Crippen MR) is 59.9 cm³/mol. The zero-order valence-corrected chi connectivity index (χ0v) is 9.28. The standard InChI is InChI=1S/C11H14F2N2O2/c1-6-2-3-7(4-8(6)14)11(17)15-5-9(16)10(12)13/h2-4,9-10,16H,5,14H2,1H3,(H,15,17). The third kappa shape index (κ3) is 3.67. The van der Waals surface area contributed by atoms with Crippen molar-refractivity contribution in [3.8, 4) is 0 Å². The zero-order chi connectivity index (χ0) is 13.0. The lowest BCUT2D eigenvalue weighted by atomic mass is 10.1. The number of nitrogens with one attached hydrogen (secondary N) is 1. The molecule has 0 bridgehead atoms. The van der Waals surface area contributed by atoms with Gasteiger partial charge in [-0.15, -0.1) is 0 Å². The highest BCUT2D eigenvalue weighted by Crippen LogP contribution is 2.12. The first-order chi connectivity index (χ1) is 7.91. The van der Waals surface area contributed by atoms with E-state index in [4.69, 9.17) is 10.8 Å². The Bertz CT molecular complexity index is 410. The Morgan fingerprint density at radius 3 is 2.71 bits per heavy atom. The predicted octanol–water partition coefficient (Wildman–Crippen LogP) is 0.933. The van der Waals surface area contributed by atoms with Crippen molar-refractivity contribution in [3.05, 3.63) is 29.3 Å². The number of amides is 1. The highest BCUT2D eigenvalue weighted by Gasteiger charge is 2.17. The van der Waals surface area contributed by atoms with Crippen LogP contribution in [0.1, 0.15) is 15.9 Å². The van der Waals surface area contributed by atoms with E-state index in [1.165, 1.54) is 12.1 Å². The molecule has 1 amide bonds. The van der Waals surface area contributed by atoms with Gasteiger partial charge in [-0.2, -0.15) is 0 Å². The van der Waals surface area contributed by atoms with E-state index >= 15 is 0 Å².